The van der Waals surface area contributed by atoms with Gasteiger partial charge in [-0.15, -0.1) is 13.2 Å². The number of allylic oxidation sites excluding steroid dienone is 1. The number of alkyl halides is 1. The van der Waals surface area contributed by atoms with Crippen LogP contribution in [0.1, 0.15) is 63.5 Å². The van der Waals surface area contributed by atoms with Crippen LogP contribution in [0.15, 0.2) is 79.9 Å². The number of para-hydroxylation sites is 1. The molecule has 0 aromatic heterocycles. The zero-order chi connectivity index (χ0) is 36.7. The molecule has 2 aromatic carbocycles. The van der Waals surface area contributed by atoms with Crippen LogP contribution in [0.4, 0.5) is 5.69 Å². The van der Waals surface area contributed by atoms with E-state index in [2.05, 4.69) is 34.4 Å². The third-order valence-corrected chi connectivity index (χ3v) is 11.3. The smallest absolute Gasteiger partial charge is 0.313 e. The molecule has 12 heteroatoms. The van der Waals surface area contributed by atoms with Gasteiger partial charge in [-0.05, 0) is 50.3 Å². The number of carbonyl (C=O) groups is 4. The molecule has 0 saturated carbocycles. The first kappa shape index (κ1) is 38.7. The second kappa shape index (κ2) is 17.3. The topological polar surface area (TPSA) is 125 Å². The van der Waals surface area contributed by atoms with Gasteiger partial charge in [-0.2, -0.15) is 0 Å². The Morgan fingerprint density at radius 1 is 1.12 bits per heavy atom. The first-order valence-corrected chi connectivity index (χ1v) is 18.9. The van der Waals surface area contributed by atoms with E-state index >= 15 is 0 Å². The van der Waals surface area contributed by atoms with Gasteiger partial charge in [0.15, 0.2) is 0 Å². The minimum Gasteiger partial charge on any atom is -0.455 e. The summed E-state index contributed by atoms with van der Waals surface area (Å²) in [7, 11) is 0. The number of esters is 1. The second-order valence-corrected chi connectivity index (χ2v) is 15.1. The number of hydrogen-bond acceptors (Lipinski definition) is 7. The minimum absolute atomic E-state index is 0.0794. The Balaban J connectivity index is 1.49. The van der Waals surface area contributed by atoms with E-state index in [0.29, 0.717) is 42.0 Å². The van der Waals surface area contributed by atoms with Gasteiger partial charge in [-0.3, -0.25) is 19.2 Å². The van der Waals surface area contributed by atoms with Crippen LogP contribution in [0.2, 0.25) is 5.02 Å². The molecular weight excluding hydrogens is 738 g/mol. The quantitative estimate of drug-likeness (QED) is 0.0834. The summed E-state index contributed by atoms with van der Waals surface area (Å²) in [6, 6.07) is 14.5. The molecule has 0 radical (unpaired) electrons. The van der Waals surface area contributed by atoms with Gasteiger partial charge >= 0.3 is 5.97 Å². The highest BCUT2D eigenvalue weighted by Crippen LogP contribution is 2.60. The van der Waals surface area contributed by atoms with Crippen LogP contribution in [0.3, 0.4) is 0 Å². The van der Waals surface area contributed by atoms with Gasteiger partial charge in [0.2, 0.25) is 11.8 Å². The van der Waals surface area contributed by atoms with Crippen LogP contribution in [0, 0.1) is 11.8 Å². The zero-order valence-corrected chi connectivity index (χ0v) is 31.3. The summed E-state index contributed by atoms with van der Waals surface area (Å²) in [5, 5.41) is 12.6. The molecule has 1 spiro atoms. The summed E-state index contributed by atoms with van der Waals surface area (Å²) < 4.78 is 13.0. The highest BCUT2D eigenvalue weighted by Gasteiger charge is 2.77. The monoisotopic (exact) mass is 783 g/mol. The number of benzene rings is 2. The van der Waals surface area contributed by atoms with E-state index in [9.17, 15) is 24.3 Å². The molecule has 8 atom stereocenters. The summed E-state index contributed by atoms with van der Waals surface area (Å²) in [5.74, 6) is -3.52. The number of carbonyl (C=O) groups excluding carboxylic acids is 4. The third kappa shape index (κ3) is 7.96. The lowest BCUT2D eigenvalue weighted by Crippen LogP contribution is -2.57. The number of unbranched alkanes of at least 4 members (excludes halogenated alkanes) is 3. The van der Waals surface area contributed by atoms with Crippen molar-refractivity contribution in [1.29, 1.82) is 0 Å². The fourth-order valence-electron chi connectivity index (χ4n) is 7.86. The Bertz CT molecular complexity index is 1590. The van der Waals surface area contributed by atoms with E-state index in [0.717, 1.165) is 12.8 Å². The Kier molecular flexibility index (Phi) is 13.2. The molecule has 5 rings (SSSR count). The molecule has 2 aromatic rings. The van der Waals surface area contributed by atoms with Gasteiger partial charge in [0.25, 0.3) is 5.91 Å². The summed E-state index contributed by atoms with van der Waals surface area (Å²) in [5.41, 5.74) is -0.144. The number of hydrogen-bond donors (Lipinski definition) is 2. The number of nitrogens with one attached hydrogen (secondary N) is 1. The Morgan fingerprint density at radius 3 is 2.51 bits per heavy atom. The standard InChI is InChI=1S/C39H47BrClN3O7/c1-4-6-20-30(46)42-25(3)33(26-16-10-9-11-17-26)50-38(49)31-32-36(47)44(22-14-7-8-15-23-45)35(39(32)24-27(40)34(31)51-39)37(48)43(21-5-2)29-19-13-12-18-28(29)41/h4-5,9-13,16-19,25,27,31-35,45H,1-2,6-8,14-15,20-24H2,3H3,(H,42,46)/t25-,27?,31-,32+,33-,34-,35-,39+/m0/s1. The van der Waals surface area contributed by atoms with Gasteiger partial charge in [-0.25, -0.2) is 0 Å². The number of amides is 3. The van der Waals surface area contributed by atoms with E-state index < -0.39 is 47.7 Å². The first-order chi connectivity index (χ1) is 24.6. The molecule has 3 aliphatic rings. The van der Waals surface area contributed by atoms with Crippen molar-refractivity contribution in [1.82, 2.24) is 10.2 Å². The summed E-state index contributed by atoms with van der Waals surface area (Å²) in [6.45, 7) is 9.82. The third-order valence-electron chi connectivity index (χ3n) is 10.1. The van der Waals surface area contributed by atoms with Gasteiger partial charge in [-0.1, -0.05) is 95.0 Å². The number of likely N-dealkylation sites (tertiary alicyclic amines) is 1. The molecule has 3 aliphatic heterocycles. The number of rotatable bonds is 18. The van der Waals surface area contributed by atoms with Crippen LogP contribution >= 0.6 is 27.5 Å². The van der Waals surface area contributed by atoms with E-state index in [4.69, 9.17) is 21.1 Å². The average molecular weight is 785 g/mol. The minimum atomic E-state index is -1.31. The number of nitrogens with zero attached hydrogens (tertiary/aromatic N) is 2. The van der Waals surface area contributed by atoms with Crippen molar-refractivity contribution in [3.8, 4) is 0 Å². The largest absolute Gasteiger partial charge is 0.455 e. The van der Waals surface area contributed by atoms with Crippen LogP contribution in [-0.4, -0.2) is 82.0 Å². The second-order valence-electron chi connectivity index (χ2n) is 13.5. The SMILES string of the molecule is C=CCCC(=O)N[C@@H](C)[C@H](OC(=O)[C@@H]1[C@H]2O[C@@]3(CC2Br)[C@H](C(=O)N(CC=C)c2ccccc2Cl)N(CCCCCCO)C(=O)[C@@H]13)c1ccccc1. The van der Waals surface area contributed by atoms with Gasteiger partial charge in [0.1, 0.15) is 17.7 Å². The van der Waals surface area contributed by atoms with Crippen LogP contribution in [-0.2, 0) is 28.7 Å². The van der Waals surface area contributed by atoms with E-state index in [1.807, 2.05) is 30.3 Å². The van der Waals surface area contributed by atoms with Crippen molar-refractivity contribution in [2.24, 2.45) is 11.8 Å². The van der Waals surface area contributed by atoms with Crippen molar-refractivity contribution in [2.75, 3.05) is 24.6 Å². The maximum absolute atomic E-state index is 14.9. The summed E-state index contributed by atoms with van der Waals surface area (Å²) in [6.07, 6.45) is 5.53. The molecule has 0 aliphatic carbocycles. The lowest BCUT2D eigenvalue weighted by atomic mass is 9.70. The molecule has 3 saturated heterocycles. The molecule has 10 nitrogen and oxygen atoms in total. The van der Waals surface area contributed by atoms with Crippen LogP contribution in [0.25, 0.3) is 0 Å². The molecular formula is C39H47BrClN3O7. The van der Waals surface area contributed by atoms with Crippen LogP contribution < -0.4 is 10.2 Å². The maximum Gasteiger partial charge on any atom is 0.313 e. The molecule has 2 bridgehead atoms. The Morgan fingerprint density at radius 2 is 1.82 bits per heavy atom. The zero-order valence-electron chi connectivity index (χ0n) is 28.9. The van der Waals surface area contributed by atoms with Crippen molar-refractivity contribution < 1.29 is 33.8 Å². The number of ether oxygens (including phenoxy) is 2. The highest BCUT2D eigenvalue weighted by atomic mass is 79.9. The fraction of sp³-hybridized carbons (Fsp3) is 0.487. The number of fused-ring (bicyclic) bond motifs is 1. The van der Waals surface area contributed by atoms with Gasteiger partial charge in [0, 0.05) is 30.9 Å². The van der Waals surface area contributed by atoms with Crippen LogP contribution in [0.5, 0.6) is 0 Å². The normalized spacial score (nSPS) is 25.9. The predicted molar refractivity (Wildman–Crippen MR) is 199 cm³/mol. The molecule has 3 fully saturated rings. The summed E-state index contributed by atoms with van der Waals surface area (Å²) in [4.78, 5) is 59.4. The molecule has 2 N–H and O–H groups in total. The van der Waals surface area contributed by atoms with Crippen molar-refractivity contribution >= 4 is 56.9 Å². The van der Waals surface area contributed by atoms with E-state index in [1.54, 1.807) is 48.2 Å². The molecule has 51 heavy (non-hydrogen) atoms. The molecule has 1 unspecified atom stereocenters. The predicted octanol–water partition coefficient (Wildman–Crippen LogP) is 5.92. The van der Waals surface area contributed by atoms with Gasteiger partial charge in [0.05, 0.1) is 34.7 Å². The molecule has 3 heterocycles. The lowest BCUT2D eigenvalue weighted by molar-refractivity contribution is -0.162. The number of aliphatic hydroxyl groups excluding tert-OH is 1. The van der Waals surface area contributed by atoms with Crippen molar-refractivity contribution in [3.05, 3.63) is 90.5 Å². The van der Waals surface area contributed by atoms with E-state index in [-0.39, 0.29) is 48.7 Å². The Labute approximate surface area is 313 Å². The number of anilines is 1. The maximum atomic E-state index is 14.9. The van der Waals surface area contributed by atoms with Crippen molar-refractivity contribution in [2.45, 2.75) is 86.6 Å². The molecule has 3 amide bonds. The van der Waals surface area contributed by atoms with Gasteiger partial charge < -0.3 is 29.7 Å². The van der Waals surface area contributed by atoms with E-state index in [1.165, 1.54) is 4.90 Å². The number of aliphatic hydroxyl groups is 1. The number of halogens is 2. The lowest BCUT2D eigenvalue weighted by Gasteiger charge is -2.37. The average Bonchev–Trinajstić information content (AvgIpc) is 3.71. The first-order valence-electron chi connectivity index (χ1n) is 17.6. The van der Waals surface area contributed by atoms with Crippen molar-refractivity contribution in [3.63, 3.8) is 0 Å². The fourth-order valence-corrected chi connectivity index (χ4v) is 9.04. The highest BCUT2D eigenvalue weighted by molar-refractivity contribution is 9.09. The Hall–Kier alpha value is -3.51. The molecule has 274 valence electrons. The summed E-state index contributed by atoms with van der Waals surface area (Å²) >= 11 is 10.3.